The molecule has 0 radical (unpaired) electrons. The summed E-state index contributed by atoms with van der Waals surface area (Å²) in [5.74, 6) is -5.08. The van der Waals surface area contributed by atoms with Gasteiger partial charge in [-0.3, -0.25) is 14.4 Å². The summed E-state index contributed by atoms with van der Waals surface area (Å²) in [5, 5.41) is 2.53. The molecule has 12 heteroatoms. The standard InChI is InChI=1S/C31H32F6N2O4/c1-19(30(32,33)34)27(28(42)38-24-7-5-6-20(16-24)10-15-26(41)43-29(2,3)4)22-11-8-21(9-12-22)17-39-18-23(31(35,36)37)13-14-25(39)40/h5-9,11-14,16,18-19,27H,10,15,17H2,1-4H3,(H,38,42)/t19-,27+/m1/s1. The summed E-state index contributed by atoms with van der Waals surface area (Å²) in [5.41, 5.74) is -1.07. The number of ether oxygens (including phenoxy) is 1. The zero-order valence-electron chi connectivity index (χ0n) is 24.0. The highest BCUT2D eigenvalue weighted by Crippen LogP contribution is 2.38. The number of amides is 1. The number of carbonyl (C=O) groups excluding carboxylic acids is 2. The number of alkyl halides is 6. The molecule has 2 atom stereocenters. The lowest BCUT2D eigenvalue weighted by Crippen LogP contribution is -2.34. The molecule has 1 N–H and O–H groups in total. The molecule has 1 aromatic heterocycles. The highest BCUT2D eigenvalue weighted by Gasteiger charge is 2.45. The molecule has 232 valence electrons. The fourth-order valence-electron chi connectivity index (χ4n) is 4.37. The number of nitrogens with zero attached hydrogens (tertiary/aromatic N) is 1. The van der Waals surface area contributed by atoms with Crippen LogP contribution in [0.15, 0.2) is 71.7 Å². The second-order valence-corrected chi connectivity index (χ2v) is 11.2. The van der Waals surface area contributed by atoms with Crippen LogP contribution in [0.1, 0.15) is 62.3 Å². The largest absolute Gasteiger partial charge is 0.460 e. The van der Waals surface area contributed by atoms with Crippen molar-refractivity contribution in [1.82, 2.24) is 4.57 Å². The first kappa shape index (κ1) is 33.4. The van der Waals surface area contributed by atoms with Gasteiger partial charge in [0, 0.05) is 24.4 Å². The summed E-state index contributed by atoms with van der Waals surface area (Å²) in [6.45, 7) is 5.85. The van der Waals surface area contributed by atoms with Crippen molar-refractivity contribution in [2.24, 2.45) is 5.92 Å². The molecule has 6 nitrogen and oxygen atoms in total. The normalized spacial score (nSPS) is 13.7. The van der Waals surface area contributed by atoms with Crippen molar-refractivity contribution in [2.45, 2.75) is 71.0 Å². The van der Waals surface area contributed by atoms with Crippen LogP contribution in [0.4, 0.5) is 32.0 Å². The molecular weight excluding hydrogens is 578 g/mol. The van der Waals surface area contributed by atoms with Gasteiger partial charge in [-0.05, 0) is 62.1 Å². The van der Waals surface area contributed by atoms with Gasteiger partial charge < -0.3 is 14.6 Å². The van der Waals surface area contributed by atoms with Gasteiger partial charge in [0.1, 0.15) is 5.60 Å². The Morgan fingerprint density at radius 3 is 2.14 bits per heavy atom. The van der Waals surface area contributed by atoms with Crippen LogP contribution in [0.25, 0.3) is 0 Å². The zero-order valence-corrected chi connectivity index (χ0v) is 24.0. The highest BCUT2D eigenvalue weighted by molar-refractivity contribution is 5.96. The summed E-state index contributed by atoms with van der Waals surface area (Å²) in [6, 6.07) is 13.2. The topological polar surface area (TPSA) is 77.4 Å². The van der Waals surface area contributed by atoms with Gasteiger partial charge in [0.2, 0.25) is 5.91 Å². The minimum atomic E-state index is -4.72. The number of esters is 1. The molecule has 0 aliphatic rings. The number of rotatable bonds is 9. The highest BCUT2D eigenvalue weighted by atomic mass is 19.4. The number of pyridine rings is 1. The molecule has 1 heterocycles. The molecule has 0 spiro atoms. The molecule has 43 heavy (non-hydrogen) atoms. The summed E-state index contributed by atoms with van der Waals surface area (Å²) < 4.78 is 86.8. The Labute approximate surface area is 244 Å². The molecule has 0 saturated heterocycles. The number of benzene rings is 2. The molecule has 0 saturated carbocycles. The van der Waals surface area contributed by atoms with E-state index in [1.807, 2.05) is 0 Å². The Morgan fingerprint density at radius 1 is 0.907 bits per heavy atom. The van der Waals surface area contributed by atoms with E-state index in [0.29, 0.717) is 23.4 Å². The third kappa shape index (κ3) is 9.72. The molecule has 3 rings (SSSR count). The average molecular weight is 611 g/mol. The van der Waals surface area contributed by atoms with Crippen molar-refractivity contribution in [3.05, 3.63) is 99.5 Å². The smallest absolute Gasteiger partial charge is 0.417 e. The number of hydrogen-bond donors (Lipinski definition) is 1. The molecule has 0 aliphatic heterocycles. The van der Waals surface area contributed by atoms with E-state index in [-0.39, 0.29) is 30.6 Å². The second kappa shape index (κ2) is 13.0. The SMILES string of the molecule is C[C@H]([C@H](C(=O)Nc1cccc(CCC(=O)OC(C)(C)C)c1)c1ccc(Cn2cc(C(F)(F)F)ccc2=O)cc1)C(F)(F)F. The van der Waals surface area contributed by atoms with Gasteiger partial charge in [-0.15, -0.1) is 0 Å². The predicted molar refractivity (Wildman–Crippen MR) is 148 cm³/mol. The summed E-state index contributed by atoms with van der Waals surface area (Å²) in [4.78, 5) is 37.4. The van der Waals surface area contributed by atoms with Crippen LogP contribution >= 0.6 is 0 Å². The van der Waals surface area contributed by atoms with Gasteiger partial charge >= 0.3 is 18.3 Å². The molecule has 2 aromatic carbocycles. The second-order valence-electron chi connectivity index (χ2n) is 11.2. The van der Waals surface area contributed by atoms with E-state index in [4.69, 9.17) is 4.74 Å². The Morgan fingerprint density at radius 2 is 1.56 bits per heavy atom. The Balaban J connectivity index is 1.80. The van der Waals surface area contributed by atoms with E-state index < -0.39 is 52.8 Å². The summed E-state index contributed by atoms with van der Waals surface area (Å²) in [7, 11) is 0. The van der Waals surface area contributed by atoms with E-state index in [9.17, 15) is 40.7 Å². The maximum absolute atomic E-state index is 13.8. The fourth-order valence-corrected chi connectivity index (χ4v) is 4.37. The van der Waals surface area contributed by atoms with Crippen molar-refractivity contribution >= 4 is 17.6 Å². The number of carbonyl (C=O) groups is 2. The molecule has 0 fully saturated rings. The number of aromatic nitrogens is 1. The molecule has 1 amide bonds. The van der Waals surface area contributed by atoms with E-state index >= 15 is 0 Å². The number of halogens is 6. The van der Waals surface area contributed by atoms with Crippen LogP contribution in [0.3, 0.4) is 0 Å². The summed E-state index contributed by atoms with van der Waals surface area (Å²) in [6.07, 6.45) is -8.36. The van der Waals surface area contributed by atoms with E-state index in [0.717, 1.165) is 17.6 Å². The van der Waals surface area contributed by atoms with E-state index in [2.05, 4.69) is 5.32 Å². The summed E-state index contributed by atoms with van der Waals surface area (Å²) >= 11 is 0. The van der Waals surface area contributed by atoms with Crippen LogP contribution in [0.5, 0.6) is 0 Å². The minimum absolute atomic E-state index is 0.0311. The Bertz CT molecular complexity index is 1490. The van der Waals surface area contributed by atoms with Gasteiger partial charge in [-0.25, -0.2) is 0 Å². The maximum atomic E-state index is 13.8. The van der Waals surface area contributed by atoms with Crippen molar-refractivity contribution in [3.8, 4) is 0 Å². The van der Waals surface area contributed by atoms with Gasteiger partial charge in [0.25, 0.3) is 5.56 Å². The number of hydrogen-bond acceptors (Lipinski definition) is 4. The number of nitrogens with one attached hydrogen (secondary N) is 1. The van der Waals surface area contributed by atoms with Crippen molar-refractivity contribution < 1.29 is 40.7 Å². The molecule has 0 unspecified atom stereocenters. The quantitative estimate of drug-likeness (QED) is 0.207. The lowest BCUT2D eigenvalue weighted by Gasteiger charge is -2.26. The van der Waals surface area contributed by atoms with E-state index in [1.165, 1.54) is 30.3 Å². The third-order valence-electron chi connectivity index (χ3n) is 6.53. The maximum Gasteiger partial charge on any atom is 0.417 e. The lowest BCUT2D eigenvalue weighted by atomic mass is 9.85. The van der Waals surface area contributed by atoms with Crippen molar-refractivity contribution in [1.29, 1.82) is 0 Å². The first-order chi connectivity index (χ1) is 19.8. The van der Waals surface area contributed by atoms with E-state index in [1.54, 1.807) is 39.0 Å². The first-order valence-corrected chi connectivity index (χ1v) is 13.4. The zero-order chi connectivity index (χ0) is 32.2. The van der Waals surface area contributed by atoms with Crippen LogP contribution < -0.4 is 10.9 Å². The third-order valence-corrected chi connectivity index (χ3v) is 6.53. The van der Waals surface area contributed by atoms with Crippen LogP contribution in [0, 0.1) is 5.92 Å². The minimum Gasteiger partial charge on any atom is -0.460 e. The number of anilines is 1. The average Bonchev–Trinajstić information content (AvgIpc) is 2.88. The molecular formula is C31H32F6N2O4. The van der Waals surface area contributed by atoms with Crippen LogP contribution in [0.2, 0.25) is 0 Å². The fraction of sp³-hybridized carbons (Fsp3) is 0.387. The van der Waals surface area contributed by atoms with Crippen molar-refractivity contribution in [3.63, 3.8) is 0 Å². The van der Waals surface area contributed by atoms with Gasteiger partial charge in [0.15, 0.2) is 0 Å². The van der Waals surface area contributed by atoms with Crippen molar-refractivity contribution in [2.75, 3.05) is 5.32 Å². The first-order valence-electron chi connectivity index (χ1n) is 13.4. The van der Waals surface area contributed by atoms with Crippen LogP contribution in [-0.2, 0) is 33.5 Å². The molecule has 0 aliphatic carbocycles. The molecule has 0 bridgehead atoms. The monoisotopic (exact) mass is 610 g/mol. The van der Waals surface area contributed by atoms with Gasteiger partial charge in [-0.1, -0.05) is 43.3 Å². The van der Waals surface area contributed by atoms with Gasteiger partial charge in [-0.2, -0.15) is 26.3 Å². The van der Waals surface area contributed by atoms with Crippen LogP contribution in [-0.4, -0.2) is 28.2 Å². The Kier molecular flexibility index (Phi) is 10.1. The Hall–Kier alpha value is -4.09. The van der Waals surface area contributed by atoms with Gasteiger partial charge in [0.05, 0.1) is 23.9 Å². The number of aryl methyl sites for hydroxylation is 1. The lowest BCUT2D eigenvalue weighted by molar-refractivity contribution is -0.178. The predicted octanol–water partition coefficient (Wildman–Crippen LogP) is 7.11. The molecule has 3 aromatic rings.